The summed E-state index contributed by atoms with van der Waals surface area (Å²) in [5, 5.41) is 8.95. The van der Waals surface area contributed by atoms with E-state index in [0.717, 1.165) is 47.8 Å². The number of H-pyrrole nitrogens is 2. The number of benzene rings is 2. The van der Waals surface area contributed by atoms with Crippen LogP contribution in [0.15, 0.2) is 42.5 Å². The van der Waals surface area contributed by atoms with Crippen molar-refractivity contribution in [2.45, 2.75) is 25.2 Å². The number of hydrogen-bond acceptors (Lipinski definition) is 8. The summed E-state index contributed by atoms with van der Waals surface area (Å²) >= 11 is 10.6. The van der Waals surface area contributed by atoms with Gasteiger partial charge in [0.15, 0.2) is 16.3 Å². The molecule has 2 aliphatic rings. The molecule has 33 heavy (non-hydrogen) atoms. The van der Waals surface area contributed by atoms with Crippen LogP contribution in [0.5, 0.6) is 5.75 Å². The van der Waals surface area contributed by atoms with Crippen molar-refractivity contribution in [1.29, 1.82) is 0 Å². The van der Waals surface area contributed by atoms with Crippen LogP contribution in [0.25, 0.3) is 5.69 Å². The average Bonchev–Trinajstić information content (AvgIpc) is 3.17. The number of nitrogens with zero attached hydrogens (tertiary/aromatic N) is 2. The largest absolute Gasteiger partial charge is 0.473 e. The average molecular weight is 486 g/mol. The summed E-state index contributed by atoms with van der Waals surface area (Å²) < 4.78 is 20.0. The van der Waals surface area contributed by atoms with Gasteiger partial charge in [-0.2, -0.15) is 0 Å². The quantitative estimate of drug-likeness (QED) is 0.262. The van der Waals surface area contributed by atoms with E-state index < -0.39 is 5.91 Å². The van der Waals surface area contributed by atoms with Gasteiger partial charge >= 0.3 is 0 Å². The first-order valence-corrected chi connectivity index (χ1v) is 11.4. The number of anilines is 2. The molecule has 0 spiro atoms. The smallest absolute Gasteiger partial charge is 0.297 e. The number of aryl methyl sites for hydroxylation is 1. The van der Waals surface area contributed by atoms with Gasteiger partial charge in [0.25, 0.3) is 12.4 Å². The van der Waals surface area contributed by atoms with Crippen LogP contribution in [-0.2, 0) is 20.7 Å². The van der Waals surface area contributed by atoms with Gasteiger partial charge in [0, 0.05) is 24.3 Å². The van der Waals surface area contributed by atoms with Crippen LogP contribution in [0.1, 0.15) is 18.4 Å². The van der Waals surface area contributed by atoms with Crippen molar-refractivity contribution in [3.63, 3.8) is 0 Å². The number of rotatable bonds is 7. The zero-order valence-electron chi connectivity index (χ0n) is 17.7. The number of aromatic nitrogens is 3. The molecule has 0 bridgehead atoms. The van der Waals surface area contributed by atoms with E-state index >= 15 is 0 Å². The molecule has 0 radical (unpaired) electrons. The number of fused-ring (bicyclic) bond motifs is 3. The minimum atomic E-state index is -0.993. The Bertz CT molecular complexity index is 1260. The topological polar surface area (TPSA) is 96.5 Å². The number of carbonyl (C=O) groups excluding carboxylic acids is 1. The molecular formula is C22H23N5O4S2. The van der Waals surface area contributed by atoms with E-state index in [9.17, 15) is 4.79 Å². The molecule has 1 saturated heterocycles. The zero-order valence-corrected chi connectivity index (χ0v) is 19.3. The Hall–Kier alpha value is -3.15. The van der Waals surface area contributed by atoms with Crippen molar-refractivity contribution in [2.24, 2.45) is 0 Å². The molecule has 9 nitrogen and oxygen atoms in total. The zero-order chi connectivity index (χ0) is 22.8. The predicted octanol–water partition coefficient (Wildman–Crippen LogP) is 4.04. The molecule has 1 aromatic heterocycles. The first-order valence-electron chi connectivity index (χ1n) is 10.6. The van der Waals surface area contributed by atoms with Crippen LogP contribution in [0.2, 0.25) is 0 Å². The molecule has 1 unspecified atom stereocenters. The maximum absolute atomic E-state index is 11.1. The summed E-state index contributed by atoms with van der Waals surface area (Å²) in [5.74, 6) is -0.234. The van der Waals surface area contributed by atoms with Gasteiger partial charge in [-0.15, -0.1) is 0 Å². The van der Waals surface area contributed by atoms with Crippen molar-refractivity contribution in [3.8, 4) is 11.4 Å². The first-order chi connectivity index (χ1) is 16.1. The highest BCUT2D eigenvalue weighted by molar-refractivity contribution is 7.72. The molecule has 3 aromatic rings. The lowest BCUT2D eigenvalue weighted by atomic mass is 9.97. The van der Waals surface area contributed by atoms with Gasteiger partial charge in [-0.3, -0.25) is 19.6 Å². The van der Waals surface area contributed by atoms with E-state index in [1.54, 1.807) is 4.57 Å². The monoisotopic (exact) mass is 485 g/mol. The highest BCUT2D eigenvalue weighted by atomic mass is 32.1. The lowest BCUT2D eigenvalue weighted by molar-refractivity contribution is -0.236. The molecule has 172 valence electrons. The fraction of sp³-hybridized carbons (Fsp3) is 0.318. The number of hydrogen-bond donors (Lipinski definition) is 3. The third-order valence-electron chi connectivity index (χ3n) is 5.85. The number of carbonyl (C=O) groups is 1. The van der Waals surface area contributed by atoms with E-state index in [0.29, 0.717) is 35.8 Å². The second-order valence-electron chi connectivity index (χ2n) is 7.78. The maximum atomic E-state index is 11.1. The predicted molar refractivity (Wildman–Crippen MR) is 128 cm³/mol. The fourth-order valence-corrected chi connectivity index (χ4v) is 4.91. The summed E-state index contributed by atoms with van der Waals surface area (Å²) in [7, 11) is 0. The lowest BCUT2D eigenvalue weighted by Crippen LogP contribution is -2.59. The molecule has 0 aliphatic carbocycles. The lowest BCUT2D eigenvalue weighted by Gasteiger charge is -2.49. The van der Waals surface area contributed by atoms with Crippen LogP contribution in [0, 0.1) is 9.54 Å². The second kappa shape index (κ2) is 9.00. The number of nitrogens with one attached hydrogen (secondary N) is 3. The Morgan fingerprint density at radius 1 is 1.18 bits per heavy atom. The minimum absolute atomic E-state index is 0.290. The molecule has 3 N–H and O–H groups in total. The molecule has 2 aromatic carbocycles. The normalized spacial score (nSPS) is 19.3. The van der Waals surface area contributed by atoms with Crippen LogP contribution < -0.4 is 15.0 Å². The second-order valence-corrected chi connectivity index (χ2v) is 8.56. The van der Waals surface area contributed by atoms with Crippen molar-refractivity contribution < 1.29 is 19.0 Å². The summed E-state index contributed by atoms with van der Waals surface area (Å²) in [6.07, 6.45) is 2.19. The molecular weight excluding hydrogens is 462 g/mol. The molecule has 1 fully saturated rings. The standard InChI is InChI=1S/C22H23N5O4S2/c28-14-31-22-8-7-15-11-18(5-6-19(15)26(22)9-2-10-30-22)29-13-23-16-3-1-4-17(12-16)27-20(32)24-25-21(27)33/h1,3-6,11-12,14,23H,2,7-10,13H2,(H,24,32)(H,25,33). The van der Waals surface area contributed by atoms with Crippen LogP contribution in [0.3, 0.4) is 0 Å². The molecule has 2 aliphatic heterocycles. The van der Waals surface area contributed by atoms with Gasteiger partial charge in [-0.25, -0.2) is 0 Å². The van der Waals surface area contributed by atoms with Gasteiger partial charge in [0.1, 0.15) is 5.75 Å². The summed E-state index contributed by atoms with van der Waals surface area (Å²) in [6.45, 7) is 2.11. The van der Waals surface area contributed by atoms with Crippen LogP contribution in [0.4, 0.5) is 11.4 Å². The van der Waals surface area contributed by atoms with Crippen LogP contribution >= 0.6 is 24.4 Å². The van der Waals surface area contributed by atoms with E-state index in [2.05, 4.69) is 15.5 Å². The molecule has 3 heterocycles. The summed E-state index contributed by atoms with van der Waals surface area (Å²) in [6, 6.07) is 13.7. The molecule has 0 amide bonds. The number of ether oxygens (including phenoxy) is 3. The van der Waals surface area contributed by atoms with Crippen molar-refractivity contribution in [3.05, 3.63) is 57.6 Å². The highest BCUT2D eigenvalue weighted by Crippen LogP contribution is 2.41. The summed E-state index contributed by atoms with van der Waals surface area (Å²) in [5.41, 5.74) is 3.88. The Morgan fingerprint density at radius 2 is 2.03 bits per heavy atom. The van der Waals surface area contributed by atoms with Crippen molar-refractivity contribution >= 4 is 42.3 Å². The van der Waals surface area contributed by atoms with Gasteiger partial charge in [0.2, 0.25) is 0 Å². The van der Waals surface area contributed by atoms with Gasteiger partial charge in [-0.05, 0) is 79.2 Å². The van der Waals surface area contributed by atoms with E-state index in [1.807, 2.05) is 47.4 Å². The van der Waals surface area contributed by atoms with Crippen molar-refractivity contribution in [2.75, 3.05) is 30.1 Å². The van der Waals surface area contributed by atoms with E-state index in [-0.39, 0.29) is 0 Å². The summed E-state index contributed by atoms with van der Waals surface area (Å²) in [4.78, 5) is 13.1. The third-order valence-corrected chi connectivity index (χ3v) is 6.42. The Labute approximate surface area is 200 Å². The molecule has 5 rings (SSSR count). The fourth-order valence-electron chi connectivity index (χ4n) is 4.36. The Balaban J connectivity index is 1.27. The highest BCUT2D eigenvalue weighted by Gasteiger charge is 2.46. The van der Waals surface area contributed by atoms with Gasteiger partial charge in [-0.1, -0.05) is 6.07 Å². The SMILES string of the molecule is O=COC12CCc3cc(OCNc4cccc(-n5c(=S)[nH][nH]c5=S)c4)ccc3N1CCCO2. The molecule has 1 atom stereocenters. The molecule has 0 saturated carbocycles. The van der Waals surface area contributed by atoms with E-state index in [1.165, 1.54) is 0 Å². The number of aromatic amines is 2. The van der Waals surface area contributed by atoms with Gasteiger partial charge in [0.05, 0.1) is 12.3 Å². The minimum Gasteiger partial charge on any atom is -0.473 e. The van der Waals surface area contributed by atoms with Gasteiger partial charge < -0.3 is 24.4 Å². The molecule has 11 heteroatoms. The Kier molecular flexibility index (Phi) is 5.92. The van der Waals surface area contributed by atoms with E-state index in [4.69, 9.17) is 38.6 Å². The van der Waals surface area contributed by atoms with Crippen molar-refractivity contribution in [1.82, 2.24) is 14.8 Å². The third kappa shape index (κ3) is 4.14. The Morgan fingerprint density at radius 3 is 2.85 bits per heavy atom. The maximum Gasteiger partial charge on any atom is 0.297 e. The van der Waals surface area contributed by atoms with Crippen LogP contribution in [-0.4, -0.2) is 47.0 Å². The first kappa shape index (κ1) is 21.7.